The predicted molar refractivity (Wildman–Crippen MR) is 395 cm³/mol. The summed E-state index contributed by atoms with van der Waals surface area (Å²) < 4.78 is 68.7. The summed E-state index contributed by atoms with van der Waals surface area (Å²) in [4.78, 5) is 73.6. The maximum atomic E-state index is 12.9. The second-order valence-electron chi connectivity index (χ2n) is 25.1. The van der Waals surface area contributed by atoms with Crippen LogP contribution in [0, 0.1) is 0 Å². The van der Waals surface area contributed by atoms with Crippen LogP contribution < -0.4 is 45.3 Å². The van der Waals surface area contributed by atoms with E-state index >= 15 is 0 Å². The molecular weight excluding hydrogens is 1370 g/mol. The van der Waals surface area contributed by atoms with Crippen molar-refractivity contribution in [2.24, 2.45) is 0 Å². The normalized spacial score (nSPS) is 11.4. The zero-order chi connectivity index (χ0) is 71.5. The summed E-state index contributed by atoms with van der Waals surface area (Å²) in [5, 5.41) is 2.79. The Labute approximate surface area is 608 Å². The highest BCUT2D eigenvalue weighted by Crippen LogP contribution is 2.30. The number of benzene rings is 6. The summed E-state index contributed by atoms with van der Waals surface area (Å²) >= 11 is 19.4. The highest BCUT2D eigenvalue weighted by atomic mass is 35.5. The van der Waals surface area contributed by atoms with Gasteiger partial charge in [-0.3, -0.25) is 0 Å². The minimum absolute atomic E-state index is 0.120. The Bertz CT molecular complexity index is 4130. The van der Waals surface area contributed by atoms with Crippen molar-refractivity contribution in [2.45, 2.75) is 160 Å². The summed E-state index contributed by atoms with van der Waals surface area (Å²) in [6.07, 6.45) is 25.8. The molecular formula is C81H89Cl3O18. The Morgan fingerprint density at radius 1 is 0.294 bits per heavy atom. The van der Waals surface area contributed by atoms with Crippen LogP contribution in [0.2, 0.25) is 15.1 Å². The van der Waals surface area contributed by atoms with Crippen molar-refractivity contribution in [3.63, 3.8) is 0 Å². The molecule has 0 saturated heterocycles. The minimum atomic E-state index is -0.631. The van der Waals surface area contributed by atoms with E-state index in [4.69, 9.17) is 90.7 Å². The average Bonchev–Trinajstić information content (AvgIpc) is 0.839. The topological polar surface area (TPSA) is 225 Å². The van der Waals surface area contributed by atoms with Crippen LogP contribution >= 0.6 is 34.8 Å². The SMILES string of the molecule is O=C(Oc1ccc2ccc(=O)oc2c1)c1ccc(OCCCCCCCCCCOCC(COCCCCCCCCCCOc2ccc(C(=O)Oc3ccc4ccc(=O)oc4c3)c(Cl)c2)OCCCCCCCCCCOc2ccc(C(=O)Oc3ccc4ccc(=O)oc4c3)c(Cl)c2)cc1Cl. The van der Waals surface area contributed by atoms with Crippen molar-refractivity contribution in [1.29, 1.82) is 0 Å². The van der Waals surface area contributed by atoms with Gasteiger partial charge in [0, 0.05) is 72.4 Å². The van der Waals surface area contributed by atoms with Crippen LogP contribution in [0.5, 0.6) is 34.5 Å². The fourth-order valence-electron chi connectivity index (χ4n) is 11.4. The van der Waals surface area contributed by atoms with Gasteiger partial charge in [0.1, 0.15) is 57.4 Å². The van der Waals surface area contributed by atoms with E-state index in [-0.39, 0.29) is 55.1 Å². The van der Waals surface area contributed by atoms with Gasteiger partial charge in [-0.2, -0.15) is 0 Å². The van der Waals surface area contributed by atoms with Gasteiger partial charge in [0.15, 0.2) is 0 Å². The van der Waals surface area contributed by atoms with Gasteiger partial charge in [-0.1, -0.05) is 150 Å². The van der Waals surface area contributed by atoms with E-state index < -0.39 is 34.8 Å². The Morgan fingerprint density at radius 3 is 0.843 bits per heavy atom. The summed E-state index contributed by atoms with van der Waals surface area (Å²) in [5.41, 5.74) is 0.0752. The molecule has 6 aromatic carbocycles. The van der Waals surface area contributed by atoms with Crippen LogP contribution in [0.15, 0.2) is 173 Å². The first-order chi connectivity index (χ1) is 49.8. The van der Waals surface area contributed by atoms with E-state index in [1.54, 1.807) is 109 Å². The van der Waals surface area contributed by atoms with E-state index in [0.29, 0.717) is 103 Å². The molecule has 0 saturated carbocycles. The molecule has 0 aliphatic rings. The van der Waals surface area contributed by atoms with Crippen molar-refractivity contribution < 1.29 is 70.3 Å². The Morgan fingerprint density at radius 2 is 0.549 bits per heavy atom. The van der Waals surface area contributed by atoms with E-state index in [1.807, 2.05) is 0 Å². The van der Waals surface area contributed by atoms with Crippen LogP contribution in [0.3, 0.4) is 0 Å². The molecule has 0 unspecified atom stereocenters. The third kappa shape index (κ3) is 26.7. The summed E-state index contributed by atoms with van der Waals surface area (Å²) in [7, 11) is 0. The zero-order valence-electron chi connectivity index (χ0n) is 57.5. The summed E-state index contributed by atoms with van der Waals surface area (Å²) in [6, 6.07) is 38.1. The highest BCUT2D eigenvalue weighted by molar-refractivity contribution is 6.34. The molecule has 0 fully saturated rings. The predicted octanol–water partition coefficient (Wildman–Crippen LogP) is 19.9. The fourth-order valence-corrected chi connectivity index (χ4v) is 12.2. The van der Waals surface area contributed by atoms with Gasteiger partial charge in [-0.05, 0) is 148 Å². The van der Waals surface area contributed by atoms with Gasteiger partial charge in [0.2, 0.25) is 0 Å². The Hall–Kier alpha value is -8.49. The molecule has 0 radical (unpaired) electrons. The average molecular weight is 1460 g/mol. The number of fused-ring (bicyclic) bond motifs is 3. The lowest BCUT2D eigenvalue weighted by Gasteiger charge is -2.18. The third-order valence-corrected chi connectivity index (χ3v) is 18.0. The molecule has 0 bridgehead atoms. The third-order valence-electron chi connectivity index (χ3n) is 17.1. The lowest BCUT2D eigenvalue weighted by Crippen LogP contribution is -2.26. The first kappa shape index (κ1) is 77.7. The van der Waals surface area contributed by atoms with Gasteiger partial charge in [-0.15, -0.1) is 0 Å². The molecule has 102 heavy (non-hydrogen) atoms. The lowest BCUT2D eigenvalue weighted by molar-refractivity contribution is -0.0616. The van der Waals surface area contributed by atoms with Crippen LogP contribution in [0.1, 0.15) is 185 Å². The second kappa shape index (κ2) is 42.8. The number of hydrogen-bond donors (Lipinski definition) is 0. The maximum absolute atomic E-state index is 12.9. The van der Waals surface area contributed by atoms with Crippen LogP contribution in [0.4, 0.5) is 0 Å². The number of halogens is 3. The largest absolute Gasteiger partial charge is 0.494 e. The van der Waals surface area contributed by atoms with E-state index in [1.165, 1.54) is 49.2 Å². The van der Waals surface area contributed by atoms with Crippen molar-refractivity contribution in [2.75, 3.05) is 52.9 Å². The number of unbranched alkanes of at least 4 members (excludes halogenated alkanes) is 21. The standard InChI is InChI=1S/C81H89Cl3O18/c82-70-49-60(34-37-67(70)79(88)97-63-31-25-57-28-40-76(85)100-73(57)52-63)93-45-21-15-9-3-1-7-13-19-43-91-55-66(96-48-24-18-12-6-5-11-17-23-47-95-62-36-39-69(72(84)51-62)81(90)99-65-33-27-59-30-42-78(87)102-75(59)54-65)56-92-44-20-14-8-2-4-10-16-22-46-94-61-35-38-68(71(83)50-61)80(89)98-64-32-26-58-29-41-77(86)101-74(58)53-64/h25-42,49-54,66H,1-24,43-48,55-56H2. The first-order valence-corrected chi connectivity index (χ1v) is 36.8. The van der Waals surface area contributed by atoms with E-state index in [9.17, 15) is 28.8 Å². The van der Waals surface area contributed by atoms with Crippen molar-refractivity contribution in [1.82, 2.24) is 0 Å². The van der Waals surface area contributed by atoms with Crippen LogP contribution in [-0.4, -0.2) is 76.9 Å². The molecule has 0 aliphatic carbocycles. The molecule has 0 aliphatic heterocycles. The summed E-state index contributed by atoms with van der Waals surface area (Å²) in [6.45, 7) is 4.69. The number of carbonyl (C=O) groups is 3. The molecule has 0 atom stereocenters. The first-order valence-electron chi connectivity index (χ1n) is 35.6. The zero-order valence-corrected chi connectivity index (χ0v) is 59.8. The second-order valence-corrected chi connectivity index (χ2v) is 26.4. The van der Waals surface area contributed by atoms with Crippen molar-refractivity contribution in [3.05, 3.63) is 209 Å². The molecule has 3 heterocycles. The number of hydrogen-bond acceptors (Lipinski definition) is 18. The molecule has 0 amide bonds. The molecule has 9 rings (SSSR count). The number of ether oxygens (including phenoxy) is 9. The number of esters is 3. The fraction of sp³-hybridized carbons (Fsp3) is 0.407. The molecule has 3 aromatic heterocycles. The molecule has 9 aromatic rings. The number of carbonyl (C=O) groups excluding carboxylic acids is 3. The molecule has 0 N–H and O–H groups in total. The van der Waals surface area contributed by atoms with Crippen molar-refractivity contribution >= 4 is 85.6 Å². The summed E-state index contributed by atoms with van der Waals surface area (Å²) in [5.74, 6) is 0.550. The van der Waals surface area contributed by atoms with Gasteiger partial charge < -0.3 is 55.9 Å². The smallest absolute Gasteiger partial charge is 0.345 e. The van der Waals surface area contributed by atoms with Gasteiger partial charge in [-0.25, -0.2) is 28.8 Å². The van der Waals surface area contributed by atoms with Crippen LogP contribution in [0.25, 0.3) is 32.9 Å². The molecule has 18 nitrogen and oxygen atoms in total. The van der Waals surface area contributed by atoms with Crippen molar-refractivity contribution in [3.8, 4) is 34.5 Å². The highest BCUT2D eigenvalue weighted by Gasteiger charge is 2.19. The van der Waals surface area contributed by atoms with Gasteiger partial charge >= 0.3 is 34.8 Å². The molecule has 542 valence electrons. The van der Waals surface area contributed by atoms with E-state index in [0.717, 1.165) is 141 Å². The molecule has 0 spiro atoms. The minimum Gasteiger partial charge on any atom is -0.494 e. The van der Waals surface area contributed by atoms with Crippen LogP contribution in [-0.2, 0) is 14.2 Å². The maximum Gasteiger partial charge on any atom is 0.345 e. The number of rotatable bonds is 47. The van der Waals surface area contributed by atoms with E-state index in [2.05, 4.69) is 0 Å². The molecule has 21 heteroatoms. The van der Waals surface area contributed by atoms with Gasteiger partial charge in [0.25, 0.3) is 0 Å². The quantitative estimate of drug-likeness (QED) is 0.0150. The van der Waals surface area contributed by atoms with Gasteiger partial charge in [0.05, 0.1) is 64.8 Å². The Kier molecular flexibility index (Phi) is 32.6. The Balaban J connectivity index is 0.590. The monoisotopic (exact) mass is 1450 g/mol. The lowest BCUT2D eigenvalue weighted by atomic mass is 10.1.